The van der Waals surface area contributed by atoms with Gasteiger partial charge in [-0.2, -0.15) is 0 Å². The molecule has 0 aliphatic carbocycles. The van der Waals surface area contributed by atoms with Gasteiger partial charge in [0, 0.05) is 11.4 Å². The predicted molar refractivity (Wildman–Crippen MR) is 132 cm³/mol. The van der Waals surface area contributed by atoms with Crippen molar-refractivity contribution in [2.75, 3.05) is 11.5 Å². The summed E-state index contributed by atoms with van der Waals surface area (Å²) in [4.78, 5) is 0. The summed E-state index contributed by atoms with van der Waals surface area (Å²) in [6.45, 7) is 8.42. The molecule has 0 amide bonds. The van der Waals surface area contributed by atoms with E-state index in [1.807, 2.05) is 24.3 Å². The Morgan fingerprint density at radius 2 is 0.833 bits per heavy atom. The first-order valence-electron chi connectivity index (χ1n) is 10.2. The Morgan fingerprint density at radius 3 is 1.23 bits per heavy atom. The van der Waals surface area contributed by atoms with Gasteiger partial charge in [-0.05, 0) is 84.3 Å². The van der Waals surface area contributed by atoms with Gasteiger partial charge in [0.2, 0.25) is 0 Å². The van der Waals surface area contributed by atoms with E-state index in [0.717, 1.165) is 11.4 Å². The van der Waals surface area contributed by atoms with Gasteiger partial charge < -0.3 is 11.5 Å². The van der Waals surface area contributed by atoms with Crippen molar-refractivity contribution < 1.29 is 0 Å². The number of hydrogen-bond donors (Lipinski definition) is 2. The third kappa shape index (κ3) is 4.55. The van der Waals surface area contributed by atoms with Gasteiger partial charge in [0.25, 0.3) is 0 Å². The lowest BCUT2D eigenvalue weighted by atomic mass is 9.88. The molecule has 4 N–H and O–H groups in total. The summed E-state index contributed by atoms with van der Waals surface area (Å²) in [6.07, 6.45) is 0. The molecule has 0 saturated carbocycles. The maximum absolute atomic E-state index is 6.13. The SMILES string of the molecule is Cc1c(C)c(-c2ccc(N)cc2)c(C)c(C)c1N.c1ccc(-c2ccccc2)cc1. The van der Waals surface area contributed by atoms with E-state index in [9.17, 15) is 0 Å². The quantitative estimate of drug-likeness (QED) is 0.356. The molecular weight excluding hydrogens is 364 g/mol. The topological polar surface area (TPSA) is 52.0 Å². The van der Waals surface area contributed by atoms with Gasteiger partial charge in [-0.3, -0.25) is 0 Å². The van der Waals surface area contributed by atoms with E-state index < -0.39 is 0 Å². The summed E-state index contributed by atoms with van der Waals surface area (Å²) in [7, 11) is 0. The van der Waals surface area contributed by atoms with E-state index >= 15 is 0 Å². The number of hydrogen-bond acceptors (Lipinski definition) is 2. The van der Waals surface area contributed by atoms with Crippen LogP contribution in [-0.4, -0.2) is 0 Å². The molecule has 4 aromatic carbocycles. The van der Waals surface area contributed by atoms with Crippen molar-refractivity contribution in [1.29, 1.82) is 0 Å². The van der Waals surface area contributed by atoms with Crippen molar-refractivity contribution in [2.45, 2.75) is 27.7 Å². The van der Waals surface area contributed by atoms with Crippen LogP contribution in [0, 0.1) is 27.7 Å². The Labute approximate surface area is 180 Å². The van der Waals surface area contributed by atoms with Gasteiger partial charge in [0.05, 0.1) is 0 Å². The van der Waals surface area contributed by atoms with Crippen LogP contribution in [0.2, 0.25) is 0 Å². The van der Waals surface area contributed by atoms with Crippen molar-refractivity contribution in [3.8, 4) is 22.3 Å². The van der Waals surface area contributed by atoms with Crippen LogP contribution in [0.15, 0.2) is 84.9 Å². The van der Waals surface area contributed by atoms with Crippen LogP contribution in [0.25, 0.3) is 22.3 Å². The van der Waals surface area contributed by atoms with Gasteiger partial charge >= 0.3 is 0 Å². The monoisotopic (exact) mass is 394 g/mol. The van der Waals surface area contributed by atoms with E-state index in [4.69, 9.17) is 11.5 Å². The number of anilines is 2. The average molecular weight is 395 g/mol. The number of nitrogens with two attached hydrogens (primary N) is 2. The minimum absolute atomic E-state index is 0.790. The number of nitrogen functional groups attached to an aromatic ring is 2. The molecule has 4 rings (SSSR count). The van der Waals surface area contributed by atoms with Gasteiger partial charge in [-0.15, -0.1) is 0 Å². The fraction of sp³-hybridized carbons (Fsp3) is 0.143. The zero-order chi connectivity index (χ0) is 21.7. The molecule has 0 heterocycles. The average Bonchev–Trinajstić information content (AvgIpc) is 2.79. The highest BCUT2D eigenvalue weighted by molar-refractivity contribution is 5.79. The fourth-order valence-corrected chi connectivity index (χ4v) is 3.69. The molecule has 0 bridgehead atoms. The van der Waals surface area contributed by atoms with Gasteiger partial charge in [0.15, 0.2) is 0 Å². The fourth-order valence-electron chi connectivity index (χ4n) is 3.69. The Morgan fingerprint density at radius 1 is 0.433 bits per heavy atom. The second-order valence-electron chi connectivity index (χ2n) is 7.64. The second kappa shape index (κ2) is 9.32. The van der Waals surface area contributed by atoms with E-state index in [-0.39, 0.29) is 0 Å². The number of rotatable bonds is 2. The van der Waals surface area contributed by atoms with Crippen molar-refractivity contribution >= 4 is 11.4 Å². The lowest BCUT2D eigenvalue weighted by Crippen LogP contribution is -2.02. The maximum Gasteiger partial charge on any atom is 0.0379 e. The summed E-state index contributed by atoms with van der Waals surface area (Å²) in [5.74, 6) is 0. The highest BCUT2D eigenvalue weighted by atomic mass is 14.6. The van der Waals surface area contributed by atoms with E-state index in [2.05, 4.69) is 88.4 Å². The van der Waals surface area contributed by atoms with E-state index in [0.29, 0.717) is 0 Å². The molecule has 152 valence electrons. The van der Waals surface area contributed by atoms with Crippen LogP contribution in [-0.2, 0) is 0 Å². The summed E-state index contributed by atoms with van der Waals surface area (Å²) < 4.78 is 0. The van der Waals surface area contributed by atoms with Crippen molar-refractivity contribution in [3.63, 3.8) is 0 Å². The van der Waals surface area contributed by atoms with Crippen molar-refractivity contribution in [3.05, 3.63) is 107 Å². The van der Waals surface area contributed by atoms with Crippen molar-refractivity contribution in [2.24, 2.45) is 0 Å². The standard InChI is InChI=1S/C16H20N2.C12H10/c1-9-11(3)16(18)12(4)10(2)15(9)13-5-7-14(17)8-6-13;1-3-7-11(8-4-1)12-9-5-2-6-10-12/h5-8H,17-18H2,1-4H3;1-10H. The molecule has 30 heavy (non-hydrogen) atoms. The van der Waals surface area contributed by atoms with Crippen LogP contribution in [0.3, 0.4) is 0 Å². The maximum atomic E-state index is 6.13. The van der Waals surface area contributed by atoms with Crippen LogP contribution >= 0.6 is 0 Å². The molecule has 0 atom stereocenters. The molecule has 4 aromatic rings. The summed E-state index contributed by atoms with van der Waals surface area (Å²) in [6, 6.07) is 28.8. The lowest BCUT2D eigenvalue weighted by molar-refractivity contribution is 1.25. The minimum Gasteiger partial charge on any atom is -0.399 e. The molecular formula is C28H30N2. The summed E-state index contributed by atoms with van der Waals surface area (Å²) in [5.41, 5.74) is 23.4. The molecule has 0 aromatic heterocycles. The van der Waals surface area contributed by atoms with Crippen LogP contribution in [0.1, 0.15) is 22.3 Å². The first-order valence-corrected chi connectivity index (χ1v) is 10.2. The molecule has 0 radical (unpaired) electrons. The predicted octanol–water partition coefficient (Wildman–Crippen LogP) is 7.11. The Bertz CT molecular complexity index is 1050. The molecule has 0 aliphatic heterocycles. The second-order valence-corrected chi connectivity index (χ2v) is 7.64. The smallest absolute Gasteiger partial charge is 0.0379 e. The molecule has 0 saturated heterocycles. The largest absolute Gasteiger partial charge is 0.399 e. The van der Waals surface area contributed by atoms with Gasteiger partial charge in [0.1, 0.15) is 0 Å². The van der Waals surface area contributed by atoms with Gasteiger partial charge in [-0.1, -0.05) is 72.8 Å². The minimum atomic E-state index is 0.790. The molecule has 0 spiro atoms. The van der Waals surface area contributed by atoms with Gasteiger partial charge in [-0.25, -0.2) is 0 Å². The molecule has 0 fully saturated rings. The van der Waals surface area contributed by atoms with E-state index in [1.165, 1.54) is 44.5 Å². The zero-order valence-corrected chi connectivity index (χ0v) is 18.2. The Balaban J connectivity index is 0.000000184. The first-order chi connectivity index (χ1) is 14.4. The van der Waals surface area contributed by atoms with Crippen LogP contribution < -0.4 is 11.5 Å². The Kier molecular flexibility index (Phi) is 6.58. The highest BCUT2D eigenvalue weighted by Crippen LogP contribution is 2.35. The molecule has 2 heteroatoms. The number of benzene rings is 4. The van der Waals surface area contributed by atoms with Crippen LogP contribution in [0.4, 0.5) is 11.4 Å². The van der Waals surface area contributed by atoms with E-state index in [1.54, 1.807) is 0 Å². The molecule has 0 unspecified atom stereocenters. The summed E-state index contributed by atoms with van der Waals surface area (Å²) >= 11 is 0. The Hall–Kier alpha value is -3.52. The van der Waals surface area contributed by atoms with Crippen LogP contribution in [0.5, 0.6) is 0 Å². The molecule has 0 aliphatic rings. The third-order valence-corrected chi connectivity index (χ3v) is 5.76. The normalized spacial score (nSPS) is 10.3. The zero-order valence-electron chi connectivity index (χ0n) is 18.2. The lowest BCUT2D eigenvalue weighted by Gasteiger charge is -2.18. The third-order valence-electron chi connectivity index (χ3n) is 5.76. The highest BCUT2D eigenvalue weighted by Gasteiger charge is 2.13. The summed E-state index contributed by atoms with van der Waals surface area (Å²) in [5, 5.41) is 0. The van der Waals surface area contributed by atoms with Crippen molar-refractivity contribution in [1.82, 2.24) is 0 Å². The molecule has 2 nitrogen and oxygen atoms in total. The first kappa shape index (κ1) is 21.2.